The number of nitrogens with one attached hydrogen (secondary N) is 1. The number of rotatable bonds is 6. The summed E-state index contributed by atoms with van der Waals surface area (Å²) in [6.07, 6.45) is 3.07. The van der Waals surface area contributed by atoms with Crippen molar-refractivity contribution in [1.82, 2.24) is 15.0 Å². The normalized spacial score (nSPS) is 14.9. The van der Waals surface area contributed by atoms with Crippen LogP contribution in [-0.2, 0) is 16.3 Å². The quantitative estimate of drug-likeness (QED) is 0.344. The Morgan fingerprint density at radius 2 is 1.87 bits per heavy atom. The number of aromatic nitrogens is 3. The molecular formula is C25H21F3N6O2S2. The van der Waals surface area contributed by atoms with E-state index in [2.05, 4.69) is 26.3 Å². The molecule has 0 radical (unpaired) electrons. The second kappa shape index (κ2) is 10.2. The first kappa shape index (κ1) is 25.9. The number of thiazole rings is 1. The number of sulfone groups is 1. The number of hydrogen-bond donors (Lipinski definition) is 1. The van der Waals surface area contributed by atoms with Gasteiger partial charge in [-0.1, -0.05) is 18.2 Å². The highest BCUT2D eigenvalue weighted by Crippen LogP contribution is 2.33. The monoisotopic (exact) mass is 558 g/mol. The SMILES string of the molecule is N#CCc1nc(N2CCC(Nc3cccc(S(=O)(=O)C(F)(F)F)c3)CC2)ncc1-c1nc2ccccc2s1. The molecule has 1 N–H and O–H groups in total. The number of benzene rings is 2. The third-order valence-electron chi connectivity index (χ3n) is 6.22. The Morgan fingerprint density at radius 3 is 2.58 bits per heavy atom. The fourth-order valence-corrected chi connectivity index (χ4v) is 6.09. The maximum Gasteiger partial charge on any atom is 0.501 e. The predicted octanol–water partition coefficient (Wildman–Crippen LogP) is 5.19. The summed E-state index contributed by atoms with van der Waals surface area (Å²) < 4.78 is 63.2. The topological polar surface area (TPSA) is 112 Å². The van der Waals surface area contributed by atoms with E-state index in [1.165, 1.54) is 17.4 Å². The first-order valence-corrected chi connectivity index (χ1v) is 14.0. The predicted molar refractivity (Wildman–Crippen MR) is 139 cm³/mol. The summed E-state index contributed by atoms with van der Waals surface area (Å²) in [7, 11) is -5.42. The van der Waals surface area contributed by atoms with E-state index in [9.17, 15) is 26.9 Å². The van der Waals surface area contributed by atoms with Crippen molar-refractivity contribution in [1.29, 1.82) is 5.26 Å². The minimum Gasteiger partial charge on any atom is -0.382 e. The zero-order valence-corrected chi connectivity index (χ0v) is 21.4. The lowest BCUT2D eigenvalue weighted by Crippen LogP contribution is -2.40. The molecule has 5 rings (SSSR count). The first-order chi connectivity index (χ1) is 18.2. The summed E-state index contributed by atoms with van der Waals surface area (Å²) in [6, 6.07) is 14.6. The Hall–Kier alpha value is -3.76. The Balaban J connectivity index is 1.28. The van der Waals surface area contributed by atoms with Gasteiger partial charge in [-0.05, 0) is 43.2 Å². The van der Waals surface area contributed by atoms with E-state index < -0.39 is 20.2 Å². The zero-order chi connectivity index (χ0) is 26.9. The third kappa shape index (κ3) is 5.14. The van der Waals surface area contributed by atoms with E-state index in [-0.39, 0.29) is 12.5 Å². The summed E-state index contributed by atoms with van der Waals surface area (Å²) in [6.45, 7) is 1.15. The minimum atomic E-state index is -5.42. The van der Waals surface area contributed by atoms with Crippen LogP contribution in [0.4, 0.5) is 24.8 Å². The standard InChI is InChI=1S/C25H21F3N6O2S2/c26-25(27,28)38(35,36)18-5-3-4-17(14-18)31-16-9-12-34(13-10-16)24-30-15-19(20(33-24)8-11-29)23-32-21-6-1-2-7-22(21)37-23/h1-7,14-16,31H,8-10,12-13H2. The van der Waals surface area contributed by atoms with Crippen molar-refractivity contribution in [2.45, 2.75) is 35.7 Å². The van der Waals surface area contributed by atoms with E-state index in [1.807, 2.05) is 29.2 Å². The molecule has 0 amide bonds. The van der Waals surface area contributed by atoms with Gasteiger partial charge in [-0.2, -0.15) is 18.4 Å². The number of nitriles is 1. The van der Waals surface area contributed by atoms with Crippen LogP contribution in [0.25, 0.3) is 20.8 Å². The molecule has 196 valence electrons. The number of piperidine rings is 1. The first-order valence-electron chi connectivity index (χ1n) is 11.7. The lowest BCUT2D eigenvalue weighted by atomic mass is 10.0. The van der Waals surface area contributed by atoms with Crippen LogP contribution >= 0.6 is 11.3 Å². The van der Waals surface area contributed by atoms with Crippen molar-refractivity contribution >= 4 is 43.0 Å². The van der Waals surface area contributed by atoms with E-state index >= 15 is 0 Å². The molecule has 3 heterocycles. The maximum atomic E-state index is 12.9. The maximum absolute atomic E-state index is 12.9. The van der Waals surface area contributed by atoms with Crippen molar-refractivity contribution in [2.24, 2.45) is 0 Å². The average molecular weight is 559 g/mol. The fourth-order valence-electron chi connectivity index (χ4n) is 4.28. The van der Waals surface area contributed by atoms with Gasteiger partial charge in [0.25, 0.3) is 9.84 Å². The number of anilines is 2. The van der Waals surface area contributed by atoms with Crippen LogP contribution in [0.3, 0.4) is 0 Å². The Labute approximate surface area is 220 Å². The Kier molecular flexibility index (Phi) is 6.93. The molecule has 1 saturated heterocycles. The molecule has 0 aliphatic carbocycles. The molecule has 1 aliphatic rings. The Morgan fingerprint density at radius 1 is 1.11 bits per heavy atom. The van der Waals surface area contributed by atoms with Gasteiger partial charge in [-0.15, -0.1) is 11.3 Å². The zero-order valence-electron chi connectivity index (χ0n) is 19.8. The number of alkyl halides is 3. The number of fused-ring (bicyclic) bond motifs is 1. The second-order valence-electron chi connectivity index (χ2n) is 8.73. The van der Waals surface area contributed by atoms with Gasteiger partial charge in [-0.3, -0.25) is 0 Å². The van der Waals surface area contributed by atoms with Gasteiger partial charge in [0.15, 0.2) is 0 Å². The molecule has 0 atom stereocenters. The van der Waals surface area contributed by atoms with E-state index in [0.717, 1.165) is 32.9 Å². The van der Waals surface area contributed by atoms with Crippen LogP contribution < -0.4 is 10.2 Å². The molecule has 1 aliphatic heterocycles. The molecule has 0 unspecified atom stereocenters. The van der Waals surface area contributed by atoms with Gasteiger partial charge in [0.05, 0.1) is 38.9 Å². The van der Waals surface area contributed by atoms with Crippen molar-refractivity contribution in [3.05, 3.63) is 60.4 Å². The van der Waals surface area contributed by atoms with Gasteiger partial charge in [-0.25, -0.2) is 23.4 Å². The molecule has 0 saturated carbocycles. The van der Waals surface area contributed by atoms with Crippen molar-refractivity contribution in [2.75, 3.05) is 23.3 Å². The highest BCUT2D eigenvalue weighted by molar-refractivity contribution is 7.92. The van der Waals surface area contributed by atoms with Gasteiger partial charge >= 0.3 is 5.51 Å². The lowest BCUT2D eigenvalue weighted by molar-refractivity contribution is -0.0435. The molecule has 13 heteroatoms. The molecule has 2 aromatic carbocycles. The van der Waals surface area contributed by atoms with Gasteiger partial charge in [0, 0.05) is 31.0 Å². The minimum absolute atomic E-state index is 0.0734. The van der Waals surface area contributed by atoms with Gasteiger partial charge in [0.2, 0.25) is 5.95 Å². The molecular weight excluding hydrogens is 537 g/mol. The number of nitrogens with zero attached hydrogens (tertiary/aromatic N) is 5. The average Bonchev–Trinajstić information content (AvgIpc) is 3.33. The number of hydrogen-bond acceptors (Lipinski definition) is 9. The highest BCUT2D eigenvalue weighted by Gasteiger charge is 2.46. The Bertz CT molecular complexity index is 1590. The summed E-state index contributed by atoms with van der Waals surface area (Å²) >= 11 is 1.51. The van der Waals surface area contributed by atoms with Crippen molar-refractivity contribution in [3.8, 4) is 16.6 Å². The smallest absolute Gasteiger partial charge is 0.382 e. The summed E-state index contributed by atoms with van der Waals surface area (Å²) in [5, 5.41) is 13.3. The summed E-state index contributed by atoms with van der Waals surface area (Å²) in [5.41, 5.74) is -2.86. The molecule has 8 nitrogen and oxygen atoms in total. The third-order valence-corrected chi connectivity index (χ3v) is 8.78. The van der Waals surface area contributed by atoms with Gasteiger partial charge < -0.3 is 10.2 Å². The van der Waals surface area contributed by atoms with E-state index in [4.69, 9.17) is 0 Å². The van der Waals surface area contributed by atoms with Crippen molar-refractivity contribution < 1.29 is 21.6 Å². The van der Waals surface area contributed by atoms with E-state index in [0.29, 0.717) is 43.3 Å². The number of halogens is 3. The van der Waals surface area contributed by atoms with Crippen LogP contribution in [0.5, 0.6) is 0 Å². The van der Waals surface area contributed by atoms with Crippen LogP contribution in [0.15, 0.2) is 59.6 Å². The van der Waals surface area contributed by atoms with Crippen LogP contribution in [0, 0.1) is 11.3 Å². The van der Waals surface area contributed by atoms with Gasteiger partial charge in [0.1, 0.15) is 5.01 Å². The lowest BCUT2D eigenvalue weighted by Gasteiger charge is -2.33. The molecule has 0 spiro atoms. The summed E-state index contributed by atoms with van der Waals surface area (Å²) in [4.78, 5) is 15.1. The van der Waals surface area contributed by atoms with E-state index in [1.54, 1.807) is 12.3 Å². The molecule has 38 heavy (non-hydrogen) atoms. The van der Waals surface area contributed by atoms with Crippen LogP contribution in [0.2, 0.25) is 0 Å². The molecule has 2 aromatic heterocycles. The molecule has 1 fully saturated rings. The molecule has 4 aromatic rings. The number of para-hydroxylation sites is 1. The van der Waals surface area contributed by atoms with Crippen LogP contribution in [0.1, 0.15) is 18.5 Å². The van der Waals surface area contributed by atoms with Crippen LogP contribution in [-0.4, -0.2) is 48.0 Å². The second-order valence-corrected chi connectivity index (χ2v) is 11.7. The van der Waals surface area contributed by atoms with Crippen molar-refractivity contribution in [3.63, 3.8) is 0 Å². The highest BCUT2D eigenvalue weighted by atomic mass is 32.2. The summed E-state index contributed by atoms with van der Waals surface area (Å²) in [5.74, 6) is 0.497. The molecule has 0 bridgehead atoms. The largest absolute Gasteiger partial charge is 0.501 e. The fraction of sp³-hybridized carbons (Fsp3) is 0.280.